The smallest absolute Gasteiger partial charge is 0.224 e. The quantitative estimate of drug-likeness (QED) is 0.768. The van der Waals surface area contributed by atoms with Crippen molar-refractivity contribution in [3.8, 4) is 0 Å². The molecule has 3 unspecified atom stereocenters. The Morgan fingerprint density at radius 2 is 2.06 bits per heavy atom. The topological polar surface area (TPSA) is 41.1 Å². The molecule has 3 nitrogen and oxygen atoms in total. The Hall–Kier alpha value is -0.570. The van der Waals surface area contributed by atoms with Gasteiger partial charge in [-0.15, -0.1) is 0 Å². The molecule has 2 N–H and O–H groups in total. The molecule has 0 aliphatic carbocycles. The van der Waals surface area contributed by atoms with Crippen LogP contribution in [0, 0.1) is 23.2 Å². The third-order valence-corrected chi connectivity index (χ3v) is 3.92. The Morgan fingerprint density at radius 1 is 1.44 bits per heavy atom. The number of rotatable bonds is 3. The maximum Gasteiger partial charge on any atom is 0.224 e. The molecule has 1 heterocycles. The largest absolute Gasteiger partial charge is 0.356 e. The molecule has 3 heteroatoms. The predicted molar refractivity (Wildman–Crippen MR) is 67.2 cm³/mol. The van der Waals surface area contributed by atoms with Crippen molar-refractivity contribution in [1.29, 1.82) is 0 Å². The van der Waals surface area contributed by atoms with E-state index in [4.69, 9.17) is 0 Å². The van der Waals surface area contributed by atoms with Crippen LogP contribution < -0.4 is 10.6 Å². The molecular weight excluding hydrogens is 200 g/mol. The van der Waals surface area contributed by atoms with Crippen molar-refractivity contribution in [3.05, 3.63) is 0 Å². The Kier molecular flexibility index (Phi) is 4.36. The summed E-state index contributed by atoms with van der Waals surface area (Å²) in [5.41, 5.74) is 0.257. The highest BCUT2D eigenvalue weighted by molar-refractivity contribution is 5.79. The van der Waals surface area contributed by atoms with Crippen molar-refractivity contribution in [2.75, 3.05) is 19.6 Å². The first-order chi connectivity index (χ1) is 7.32. The summed E-state index contributed by atoms with van der Waals surface area (Å²) in [4.78, 5) is 11.9. The maximum absolute atomic E-state index is 11.9. The van der Waals surface area contributed by atoms with Crippen LogP contribution in [0.15, 0.2) is 0 Å². The van der Waals surface area contributed by atoms with E-state index < -0.39 is 0 Å². The highest BCUT2D eigenvalue weighted by Gasteiger charge is 2.30. The van der Waals surface area contributed by atoms with Crippen LogP contribution in [0.5, 0.6) is 0 Å². The zero-order chi connectivity index (χ0) is 12.3. The number of amides is 1. The first-order valence-electron chi connectivity index (χ1n) is 6.30. The van der Waals surface area contributed by atoms with E-state index in [2.05, 4.69) is 45.3 Å². The van der Waals surface area contributed by atoms with Gasteiger partial charge in [0.15, 0.2) is 0 Å². The van der Waals surface area contributed by atoms with Gasteiger partial charge in [0, 0.05) is 13.1 Å². The van der Waals surface area contributed by atoms with Gasteiger partial charge in [-0.1, -0.05) is 34.6 Å². The Labute approximate surface area is 99.4 Å². The molecule has 0 aromatic carbocycles. The van der Waals surface area contributed by atoms with E-state index in [9.17, 15) is 4.79 Å². The first-order valence-corrected chi connectivity index (χ1v) is 6.30. The third kappa shape index (κ3) is 3.48. The molecule has 94 valence electrons. The SMILES string of the molecule is CC1CNCC1C(=O)NCC(C)C(C)(C)C. The minimum Gasteiger partial charge on any atom is -0.356 e. The van der Waals surface area contributed by atoms with Crippen molar-refractivity contribution in [2.45, 2.75) is 34.6 Å². The molecule has 0 aromatic heterocycles. The average molecular weight is 226 g/mol. The van der Waals surface area contributed by atoms with Gasteiger partial charge < -0.3 is 10.6 Å². The summed E-state index contributed by atoms with van der Waals surface area (Å²) in [6.45, 7) is 13.5. The molecule has 0 bridgehead atoms. The Bertz CT molecular complexity index is 245. The second kappa shape index (κ2) is 5.17. The number of carbonyl (C=O) groups excluding carboxylic acids is 1. The van der Waals surface area contributed by atoms with Crippen molar-refractivity contribution in [2.24, 2.45) is 23.2 Å². The van der Waals surface area contributed by atoms with E-state index in [1.54, 1.807) is 0 Å². The molecule has 0 saturated carbocycles. The molecule has 0 aromatic rings. The zero-order valence-corrected chi connectivity index (χ0v) is 11.3. The number of hydrogen-bond acceptors (Lipinski definition) is 2. The maximum atomic E-state index is 11.9. The van der Waals surface area contributed by atoms with Gasteiger partial charge >= 0.3 is 0 Å². The summed E-state index contributed by atoms with van der Waals surface area (Å²) < 4.78 is 0. The summed E-state index contributed by atoms with van der Waals surface area (Å²) in [5, 5.41) is 6.34. The molecule has 1 saturated heterocycles. The van der Waals surface area contributed by atoms with Crippen LogP contribution in [0.1, 0.15) is 34.6 Å². The summed E-state index contributed by atoms with van der Waals surface area (Å²) in [6, 6.07) is 0. The van der Waals surface area contributed by atoms with Crippen LogP contribution in [-0.4, -0.2) is 25.5 Å². The fraction of sp³-hybridized carbons (Fsp3) is 0.923. The van der Waals surface area contributed by atoms with Crippen LogP contribution >= 0.6 is 0 Å². The summed E-state index contributed by atoms with van der Waals surface area (Å²) in [7, 11) is 0. The minimum atomic E-state index is 0.159. The van der Waals surface area contributed by atoms with Gasteiger partial charge in [0.1, 0.15) is 0 Å². The van der Waals surface area contributed by atoms with Gasteiger partial charge in [0.25, 0.3) is 0 Å². The normalized spacial score (nSPS) is 27.8. The zero-order valence-electron chi connectivity index (χ0n) is 11.3. The Morgan fingerprint density at radius 3 is 2.50 bits per heavy atom. The molecule has 1 rings (SSSR count). The third-order valence-electron chi connectivity index (χ3n) is 3.92. The van der Waals surface area contributed by atoms with Crippen molar-refractivity contribution < 1.29 is 4.79 Å². The van der Waals surface area contributed by atoms with Gasteiger partial charge in [0.05, 0.1) is 5.92 Å². The lowest BCUT2D eigenvalue weighted by Crippen LogP contribution is -2.39. The van der Waals surface area contributed by atoms with Gasteiger partial charge in [-0.2, -0.15) is 0 Å². The summed E-state index contributed by atoms with van der Waals surface area (Å²) >= 11 is 0. The van der Waals surface area contributed by atoms with E-state index in [0.717, 1.165) is 19.6 Å². The molecule has 1 aliphatic rings. The minimum absolute atomic E-state index is 0.159. The van der Waals surface area contributed by atoms with Crippen molar-refractivity contribution in [1.82, 2.24) is 10.6 Å². The van der Waals surface area contributed by atoms with Crippen LogP contribution in [0.4, 0.5) is 0 Å². The van der Waals surface area contributed by atoms with E-state index >= 15 is 0 Å². The van der Waals surface area contributed by atoms with Crippen molar-refractivity contribution in [3.63, 3.8) is 0 Å². The summed E-state index contributed by atoms with van der Waals surface area (Å²) in [5.74, 6) is 1.34. The molecule has 0 radical (unpaired) electrons. The molecule has 0 spiro atoms. The van der Waals surface area contributed by atoms with Crippen LogP contribution in [0.25, 0.3) is 0 Å². The molecule has 16 heavy (non-hydrogen) atoms. The highest BCUT2D eigenvalue weighted by atomic mass is 16.1. The lowest BCUT2D eigenvalue weighted by molar-refractivity contribution is -0.125. The monoisotopic (exact) mass is 226 g/mol. The van der Waals surface area contributed by atoms with Crippen LogP contribution in [0.3, 0.4) is 0 Å². The van der Waals surface area contributed by atoms with Crippen LogP contribution in [-0.2, 0) is 4.79 Å². The van der Waals surface area contributed by atoms with Gasteiger partial charge in [-0.05, 0) is 23.8 Å². The predicted octanol–water partition coefficient (Wildman–Crippen LogP) is 1.64. The van der Waals surface area contributed by atoms with Gasteiger partial charge in [-0.3, -0.25) is 4.79 Å². The van der Waals surface area contributed by atoms with E-state index in [-0.39, 0.29) is 17.2 Å². The molecule has 1 aliphatic heterocycles. The average Bonchev–Trinajstić information content (AvgIpc) is 2.58. The van der Waals surface area contributed by atoms with E-state index in [0.29, 0.717) is 11.8 Å². The van der Waals surface area contributed by atoms with E-state index in [1.165, 1.54) is 0 Å². The molecular formula is C13H26N2O. The number of nitrogens with one attached hydrogen (secondary N) is 2. The standard InChI is InChI=1S/C13H26N2O/c1-9-6-14-8-11(9)12(16)15-7-10(2)13(3,4)5/h9-11,14H,6-8H2,1-5H3,(H,15,16). The Balaban J connectivity index is 2.35. The summed E-state index contributed by atoms with van der Waals surface area (Å²) in [6.07, 6.45) is 0. The van der Waals surface area contributed by atoms with E-state index in [1.807, 2.05) is 0 Å². The number of carbonyl (C=O) groups is 1. The molecule has 1 fully saturated rings. The molecule has 3 atom stereocenters. The molecule has 1 amide bonds. The van der Waals surface area contributed by atoms with Gasteiger partial charge in [0.2, 0.25) is 5.91 Å². The van der Waals surface area contributed by atoms with Crippen molar-refractivity contribution >= 4 is 5.91 Å². The fourth-order valence-corrected chi connectivity index (χ4v) is 1.85. The lowest BCUT2D eigenvalue weighted by Gasteiger charge is -2.28. The lowest BCUT2D eigenvalue weighted by atomic mass is 9.82. The highest BCUT2D eigenvalue weighted by Crippen LogP contribution is 2.24. The number of hydrogen-bond donors (Lipinski definition) is 2. The second-order valence-electron chi connectivity index (χ2n) is 6.25. The first kappa shape index (κ1) is 13.5. The van der Waals surface area contributed by atoms with Gasteiger partial charge in [-0.25, -0.2) is 0 Å². The fourth-order valence-electron chi connectivity index (χ4n) is 1.85. The second-order valence-corrected chi connectivity index (χ2v) is 6.25. The van der Waals surface area contributed by atoms with Crippen LogP contribution in [0.2, 0.25) is 0 Å².